The molecule has 2 aromatic carbocycles. The molecule has 0 aliphatic rings. The predicted molar refractivity (Wildman–Crippen MR) is 107 cm³/mol. The van der Waals surface area contributed by atoms with Crippen LogP contribution in [-0.2, 0) is 10.0 Å². The van der Waals surface area contributed by atoms with E-state index in [9.17, 15) is 13.2 Å². The summed E-state index contributed by atoms with van der Waals surface area (Å²) in [4.78, 5) is 12.5. The van der Waals surface area contributed by atoms with Crippen LogP contribution >= 0.6 is 23.2 Å². The average molecular weight is 450 g/mol. The van der Waals surface area contributed by atoms with Gasteiger partial charge in [-0.3, -0.25) is 4.79 Å². The summed E-state index contributed by atoms with van der Waals surface area (Å²) in [6, 6.07) is 10.9. The van der Waals surface area contributed by atoms with Crippen LogP contribution < -0.4 is 4.72 Å². The van der Waals surface area contributed by atoms with Gasteiger partial charge in [-0.2, -0.15) is 5.26 Å². The van der Waals surface area contributed by atoms with E-state index in [1.165, 1.54) is 35.9 Å². The van der Waals surface area contributed by atoms with Gasteiger partial charge in [-0.05, 0) is 49.7 Å². The summed E-state index contributed by atoms with van der Waals surface area (Å²) in [5, 5.41) is 17.1. The Morgan fingerprint density at radius 3 is 2.55 bits per heavy atom. The van der Waals surface area contributed by atoms with Crippen molar-refractivity contribution in [3.05, 3.63) is 69.0 Å². The average Bonchev–Trinajstić information content (AvgIpc) is 3.04. The first-order chi connectivity index (χ1) is 13.7. The first-order valence-corrected chi connectivity index (χ1v) is 10.3. The highest BCUT2D eigenvalue weighted by molar-refractivity contribution is 7.90. The fourth-order valence-corrected chi connectivity index (χ4v) is 4.33. The molecule has 3 aromatic rings. The molecule has 1 amide bonds. The number of hydrogen-bond donors (Lipinski definition) is 1. The summed E-state index contributed by atoms with van der Waals surface area (Å²) in [6.07, 6.45) is 0. The topological polar surface area (TPSA) is 118 Å². The van der Waals surface area contributed by atoms with Crippen LogP contribution in [0, 0.1) is 25.2 Å². The molecule has 0 unspecified atom stereocenters. The zero-order valence-electron chi connectivity index (χ0n) is 15.1. The first kappa shape index (κ1) is 20.8. The standard InChI is InChI=1S/C18H13Cl2N5O3S/c1-10-13(19)4-3-5-16(10)29(27,28)23-18(26)17-11(2)25(24-22-17)15-7-6-12(9-21)8-14(15)20/h3-8H,1-2H3,(H,23,26). The van der Waals surface area contributed by atoms with E-state index in [2.05, 4.69) is 10.3 Å². The lowest BCUT2D eigenvalue weighted by Crippen LogP contribution is -2.31. The van der Waals surface area contributed by atoms with Crippen LogP contribution in [0.15, 0.2) is 41.3 Å². The lowest BCUT2D eigenvalue weighted by molar-refractivity contribution is 0.0976. The van der Waals surface area contributed by atoms with Crippen LogP contribution in [0.1, 0.15) is 27.3 Å². The van der Waals surface area contributed by atoms with Gasteiger partial charge in [-0.15, -0.1) is 5.10 Å². The maximum atomic E-state index is 12.6. The largest absolute Gasteiger partial charge is 0.287 e. The van der Waals surface area contributed by atoms with Gasteiger partial charge in [0.25, 0.3) is 15.9 Å². The van der Waals surface area contributed by atoms with Gasteiger partial charge in [0.2, 0.25) is 0 Å². The molecular weight excluding hydrogens is 437 g/mol. The maximum absolute atomic E-state index is 12.6. The van der Waals surface area contributed by atoms with Gasteiger partial charge < -0.3 is 0 Å². The molecule has 1 N–H and O–H groups in total. The van der Waals surface area contributed by atoms with Gasteiger partial charge in [0, 0.05) is 5.02 Å². The molecule has 0 radical (unpaired) electrons. The summed E-state index contributed by atoms with van der Waals surface area (Å²) in [5.41, 5.74) is 1.15. The number of carbonyl (C=O) groups excluding carboxylic acids is 1. The van der Waals surface area contributed by atoms with Crippen LogP contribution in [0.4, 0.5) is 0 Å². The SMILES string of the molecule is Cc1c(Cl)cccc1S(=O)(=O)NC(=O)c1nnn(-c2ccc(C#N)cc2Cl)c1C. The van der Waals surface area contributed by atoms with Gasteiger partial charge in [0.15, 0.2) is 5.69 Å². The van der Waals surface area contributed by atoms with Gasteiger partial charge >= 0.3 is 0 Å². The fourth-order valence-electron chi connectivity index (χ4n) is 2.62. The number of carbonyl (C=O) groups is 1. The smallest absolute Gasteiger partial charge is 0.266 e. The third-order valence-electron chi connectivity index (χ3n) is 4.15. The quantitative estimate of drug-likeness (QED) is 0.653. The van der Waals surface area contributed by atoms with Crippen LogP contribution in [0.5, 0.6) is 0 Å². The molecule has 0 aliphatic carbocycles. The highest BCUT2D eigenvalue weighted by Crippen LogP contribution is 2.24. The Kier molecular flexibility index (Phi) is 5.61. The number of benzene rings is 2. The zero-order valence-corrected chi connectivity index (χ0v) is 17.5. The van der Waals surface area contributed by atoms with E-state index in [4.69, 9.17) is 28.5 Å². The molecule has 0 bridgehead atoms. The molecule has 11 heteroatoms. The van der Waals surface area contributed by atoms with Crippen LogP contribution in [0.2, 0.25) is 10.0 Å². The van der Waals surface area contributed by atoms with E-state index < -0.39 is 15.9 Å². The Morgan fingerprint density at radius 1 is 1.17 bits per heavy atom. The minimum atomic E-state index is -4.17. The van der Waals surface area contributed by atoms with Crippen molar-refractivity contribution in [2.24, 2.45) is 0 Å². The van der Waals surface area contributed by atoms with E-state index in [-0.39, 0.29) is 26.3 Å². The summed E-state index contributed by atoms with van der Waals surface area (Å²) in [7, 11) is -4.17. The molecular formula is C18H13Cl2N5O3S. The molecule has 0 saturated carbocycles. The predicted octanol–water partition coefficient (Wildman–Crippen LogP) is 3.18. The van der Waals surface area contributed by atoms with Crippen molar-refractivity contribution in [3.63, 3.8) is 0 Å². The van der Waals surface area contributed by atoms with Crippen LogP contribution in [0.3, 0.4) is 0 Å². The Labute approximate surface area is 176 Å². The van der Waals surface area contributed by atoms with E-state index in [0.29, 0.717) is 16.8 Å². The molecule has 0 saturated heterocycles. The molecule has 0 fully saturated rings. The minimum absolute atomic E-state index is 0.112. The van der Waals surface area contributed by atoms with Crippen molar-refractivity contribution in [3.8, 4) is 11.8 Å². The summed E-state index contributed by atoms with van der Waals surface area (Å²) in [5.74, 6) is -0.946. The van der Waals surface area contributed by atoms with Crippen molar-refractivity contribution in [1.82, 2.24) is 19.7 Å². The molecule has 0 aliphatic heterocycles. The van der Waals surface area contributed by atoms with Gasteiger partial charge in [0.1, 0.15) is 0 Å². The third-order valence-corrected chi connectivity index (χ3v) is 6.34. The summed E-state index contributed by atoms with van der Waals surface area (Å²) in [6.45, 7) is 3.08. The number of aromatic nitrogens is 3. The molecule has 0 spiro atoms. The number of nitriles is 1. The number of nitrogens with one attached hydrogen (secondary N) is 1. The molecule has 0 atom stereocenters. The second-order valence-electron chi connectivity index (χ2n) is 6.01. The van der Waals surface area contributed by atoms with Crippen molar-refractivity contribution in [1.29, 1.82) is 5.26 Å². The minimum Gasteiger partial charge on any atom is -0.266 e. The fraction of sp³-hybridized carbons (Fsp3) is 0.111. The Bertz CT molecular complexity index is 1280. The number of nitrogens with zero attached hydrogens (tertiary/aromatic N) is 4. The zero-order chi connectivity index (χ0) is 21.3. The Morgan fingerprint density at radius 2 is 1.90 bits per heavy atom. The maximum Gasteiger partial charge on any atom is 0.287 e. The monoisotopic (exact) mass is 449 g/mol. The second kappa shape index (κ2) is 7.83. The summed E-state index contributed by atoms with van der Waals surface area (Å²) < 4.78 is 28.5. The first-order valence-electron chi connectivity index (χ1n) is 8.10. The third kappa shape index (κ3) is 3.96. The summed E-state index contributed by atoms with van der Waals surface area (Å²) >= 11 is 12.1. The molecule has 3 rings (SSSR count). The van der Waals surface area contributed by atoms with Gasteiger partial charge in [-0.1, -0.05) is 34.5 Å². The van der Waals surface area contributed by atoms with E-state index >= 15 is 0 Å². The number of rotatable bonds is 4. The van der Waals surface area contributed by atoms with Crippen molar-refractivity contribution >= 4 is 39.1 Å². The van der Waals surface area contributed by atoms with Crippen molar-refractivity contribution in [2.45, 2.75) is 18.7 Å². The highest BCUT2D eigenvalue weighted by Gasteiger charge is 2.25. The highest BCUT2D eigenvalue weighted by atomic mass is 35.5. The Balaban J connectivity index is 1.94. The van der Waals surface area contributed by atoms with Crippen molar-refractivity contribution < 1.29 is 13.2 Å². The number of halogens is 2. The van der Waals surface area contributed by atoms with E-state index in [1.807, 2.05) is 10.8 Å². The lowest BCUT2D eigenvalue weighted by Gasteiger charge is -2.10. The number of amides is 1. The number of hydrogen-bond acceptors (Lipinski definition) is 6. The Hall–Kier alpha value is -2.93. The molecule has 1 heterocycles. The normalized spacial score (nSPS) is 11.1. The molecule has 1 aromatic heterocycles. The van der Waals surface area contributed by atoms with Crippen LogP contribution in [0.25, 0.3) is 5.69 Å². The van der Waals surface area contributed by atoms with E-state index in [1.54, 1.807) is 19.1 Å². The number of sulfonamides is 1. The van der Waals surface area contributed by atoms with Gasteiger partial charge in [0.05, 0.1) is 32.9 Å². The van der Waals surface area contributed by atoms with Crippen LogP contribution in [-0.4, -0.2) is 29.3 Å². The van der Waals surface area contributed by atoms with E-state index in [0.717, 1.165) is 0 Å². The van der Waals surface area contributed by atoms with Gasteiger partial charge in [-0.25, -0.2) is 17.8 Å². The second-order valence-corrected chi connectivity index (χ2v) is 8.48. The molecule has 148 valence electrons. The molecule has 8 nitrogen and oxygen atoms in total. The van der Waals surface area contributed by atoms with Crippen molar-refractivity contribution in [2.75, 3.05) is 0 Å². The molecule has 29 heavy (non-hydrogen) atoms. The lowest BCUT2D eigenvalue weighted by atomic mass is 10.2.